The minimum atomic E-state index is 0.460. The van der Waals surface area contributed by atoms with Gasteiger partial charge in [0.25, 0.3) is 0 Å². The molecule has 0 amide bonds. The van der Waals surface area contributed by atoms with Crippen molar-refractivity contribution < 1.29 is 4.79 Å². The highest BCUT2D eigenvalue weighted by atomic mass is 16.1. The number of hydrogen-bond acceptors (Lipinski definition) is 1. The number of benzene rings is 1. The third-order valence-corrected chi connectivity index (χ3v) is 2.47. The number of rotatable bonds is 2. The molecular weight excluding hydrogens is 174 g/mol. The van der Waals surface area contributed by atoms with Gasteiger partial charge in [0.1, 0.15) is 0 Å². The van der Waals surface area contributed by atoms with Gasteiger partial charge in [0.05, 0.1) is 0 Å². The van der Waals surface area contributed by atoms with Crippen LogP contribution in [-0.4, -0.2) is 11.3 Å². The van der Waals surface area contributed by atoms with Crippen LogP contribution in [-0.2, 0) is 0 Å². The Hall–Kier alpha value is -1.57. The molecule has 0 radical (unpaired) electrons. The minimum Gasteiger partial charge on any atom is -0.358 e. The quantitative estimate of drug-likeness (QED) is 0.720. The van der Waals surface area contributed by atoms with Crippen LogP contribution in [0.25, 0.3) is 10.9 Å². The van der Waals surface area contributed by atoms with Gasteiger partial charge in [0.2, 0.25) is 0 Å². The molecule has 1 heterocycles. The van der Waals surface area contributed by atoms with Crippen LogP contribution in [0.2, 0.25) is 0 Å². The van der Waals surface area contributed by atoms with E-state index in [0.29, 0.717) is 5.92 Å². The van der Waals surface area contributed by atoms with E-state index < -0.39 is 0 Å². The SMILES string of the molecule is CC(C)c1cc2c(C=O)cccc2[nH]1. The van der Waals surface area contributed by atoms with Crippen LogP contribution in [0.5, 0.6) is 0 Å². The van der Waals surface area contributed by atoms with Crippen molar-refractivity contribution in [1.82, 2.24) is 4.98 Å². The first-order chi connectivity index (χ1) is 6.72. The Labute approximate surface area is 82.9 Å². The number of aldehydes is 1. The average molecular weight is 187 g/mol. The third-order valence-electron chi connectivity index (χ3n) is 2.47. The summed E-state index contributed by atoms with van der Waals surface area (Å²) in [6.07, 6.45) is 0.903. The summed E-state index contributed by atoms with van der Waals surface area (Å²) in [7, 11) is 0. The van der Waals surface area contributed by atoms with Crippen LogP contribution < -0.4 is 0 Å². The van der Waals surface area contributed by atoms with Crippen LogP contribution in [0.4, 0.5) is 0 Å². The van der Waals surface area contributed by atoms with E-state index in [-0.39, 0.29) is 0 Å². The highest BCUT2D eigenvalue weighted by Gasteiger charge is 2.06. The van der Waals surface area contributed by atoms with Gasteiger partial charge in [-0.1, -0.05) is 26.0 Å². The lowest BCUT2D eigenvalue weighted by molar-refractivity contribution is 0.112. The van der Waals surface area contributed by atoms with Crippen LogP contribution in [0.1, 0.15) is 35.8 Å². The molecule has 0 spiro atoms. The summed E-state index contributed by atoms with van der Waals surface area (Å²) in [6, 6.07) is 7.79. The van der Waals surface area contributed by atoms with Crippen molar-refractivity contribution in [2.24, 2.45) is 0 Å². The maximum atomic E-state index is 10.8. The number of fused-ring (bicyclic) bond motifs is 1. The first-order valence-corrected chi connectivity index (χ1v) is 4.79. The molecule has 2 rings (SSSR count). The highest BCUT2D eigenvalue weighted by molar-refractivity contribution is 5.97. The molecule has 0 unspecified atom stereocenters. The second kappa shape index (κ2) is 3.29. The fraction of sp³-hybridized carbons (Fsp3) is 0.250. The number of aromatic amines is 1. The zero-order valence-electron chi connectivity index (χ0n) is 8.37. The Kier molecular flexibility index (Phi) is 2.12. The van der Waals surface area contributed by atoms with E-state index in [2.05, 4.69) is 24.9 Å². The molecule has 0 bridgehead atoms. The Morgan fingerprint density at radius 1 is 1.36 bits per heavy atom. The normalized spacial score (nSPS) is 11.1. The van der Waals surface area contributed by atoms with Gasteiger partial charge in [-0.3, -0.25) is 4.79 Å². The third kappa shape index (κ3) is 1.33. The molecule has 0 aliphatic carbocycles. The van der Waals surface area contributed by atoms with Crippen LogP contribution in [0.15, 0.2) is 24.3 Å². The summed E-state index contributed by atoms with van der Waals surface area (Å²) < 4.78 is 0. The van der Waals surface area contributed by atoms with E-state index in [0.717, 1.165) is 22.8 Å². The molecule has 0 aliphatic rings. The smallest absolute Gasteiger partial charge is 0.150 e. The fourth-order valence-corrected chi connectivity index (χ4v) is 1.61. The lowest BCUT2D eigenvalue weighted by Gasteiger charge is -1.97. The Bertz CT molecular complexity index is 468. The summed E-state index contributed by atoms with van der Waals surface area (Å²) >= 11 is 0. The molecule has 2 aromatic rings. The van der Waals surface area contributed by atoms with E-state index in [1.165, 1.54) is 5.69 Å². The van der Waals surface area contributed by atoms with Gasteiger partial charge in [-0.05, 0) is 18.1 Å². The second-order valence-electron chi connectivity index (χ2n) is 3.81. The maximum Gasteiger partial charge on any atom is 0.150 e. The molecule has 1 N–H and O–H groups in total. The van der Waals surface area contributed by atoms with Crippen molar-refractivity contribution in [1.29, 1.82) is 0 Å². The molecule has 1 aromatic heterocycles. The second-order valence-corrected chi connectivity index (χ2v) is 3.81. The molecule has 72 valence electrons. The summed E-state index contributed by atoms with van der Waals surface area (Å²) in [5, 5.41) is 1.02. The molecule has 0 atom stereocenters. The topological polar surface area (TPSA) is 32.9 Å². The minimum absolute atomic E-state index is 0.460. The van der Waals surface area contributed by atoms with E-state index >= 15 is 0 Å². The molecule has 0 fully saturated rings. The lowest BCUT2D eigenvalue weighted by Crippen LogP contribution is -1.84. The van der Waals surface area contributed by atoms with Crippen molar-refractivity contribution in [2.45, 2.75) is 19.8 Å². The van der Waals surface area contributed by atoms with Crippen molar-refractivity contribution >= 4 is 17.2 Å². The van der Waals surface area contributed by atoms with Crippen molar-refractivity contribution in [2.75, 3.05) is 0 Å². The first kappa shape index (κ1) is 9.00. The first-order valence-electron chi connectivity index (χ1n) is 4.79. The fourth-order valence-electron chi connectivity index (χ4n) is 1.61. The number of carbonyl (C=O) groups is 1. The van der Waals surface area contributed by atoms with Crippen molar-refractivity contribution in [3.05, 3.63) is 35.5 Å². The summed E-state index contributed by atoms with van der Waals surface area (Å²) in [5.41, 5.74) is 2.97. The van der Waals surface area contributed by atoms with Crippen LogP contribution in [0, 0.1) is 0 Å². The van der Waals surface area contributed by atoms with E-state index in [1.807, 2.05) is 18.2 Å². The number of aromatic nitrogens is 1. The predicted octanol–water partition coefficient (Wildman–Crippen LogP) is 3.10. The lowest BCUT2D eigenvalue weighted by atomic mass is 10.1. The molecular formula is C12H13NO. The highest BCUT2D eigenvalue weighted by Crippen LogP contribution is 2.22. The largest absolute Gasteiger partial charge is 0.358 e. The van der Waals surface area contributed by atoms with E-state index in [9.17, 15) is 4.79 Å². The Morgan fingerprint density at radius 3 is 2.79 bits per heavy atom. The number of nitrogens with one attached hydrogen (secondary N) is 1. The van der Waals surface area contributed by atoms with Gasteiger partial charge in [0, 0.05) is 22.2 Å². The van der Waals surface area contributed by atoms with E-state index in [4.69, 9.17) is 0 Å². The number of carbonyl (C=O) groups excluding carboxylic acids is 1. The van der Waals surface area contributed by atoms with Gasteiger partial charge in [-0.25, -0.2) is 0 Å². The zero-order valence-corrected chi connectivity index (χ0v) is 8.37. The van der Waals surface area contributed by atoms with Crippen LogP contribution >= 0.6 is 0 Å². The van der Waals surface area contributed by atoms with Gasteiger partial charge < -0.3 is 4.98 Å². The summed E-state index contributed by atoms with van der Waals surface area (Å²) in [6.45, 7) is 4.26. The monoisotopic (exact) mass is 187 g/mol. The molecule has 14 heavy (non-hydrogen) atoms. The van der Waals surface area contributed by atoms with Crippen LogP contribution in [0.3, 0.4) is 0 Å². The Morgan fingerprint density at radius 2 is 2.14 bits per heavy atom. The van der Waals surface area contributed by atoms with E-state index in [1.54, 1.807) is 0 Å². The molecule has 1 aromatic carbocycles. The number of H-pyrrole nitrogens is 1. The molecule has 2 nitrogen and oxygen atoms in total. The van der Waals surface area contributed by atoms with Gasteiger partial charge in [-0.15, -0.1) is 0 Å². The van der Waals surface area contributed by atoms with Gasteiger partial charge in [-0.2, -0.15) is 0 Å². The molecule has 0 saturated carbocycles. The Balaban J connectivity index is 2.70. The summed E-state index contributed by atoms with van der Waals surface area (Å²) in [4.78, 5) is 14.1. The van der Waals surface area contributed by atoms with Gasteiger partial charge in [0.15, 0.2) is 6.29 Å². The van der Waals surface area contributed by atoms with Crippen molar-refractivity contribution in [3.63, 3.8) is 0 Å². The average Bonchev–Trinajstić information content (AvgIpc) is 2.60. The molecule has 2 heteroatoms. The summed E-state index contributed by atoms with van der Waals surface area (Å²) in [5.74, 6) is 0.460. The van der Waals surface area contributed by atoms with Crippen molar-refractivity contribution in [3.8, 4) is 0 Å². The van der Waals surface area contributed by atoms with Gasteiger partial charge >= 0.3 is 0 Å². The predicted molar refractivity (Wildman–Crippen MR) is 57.8 cm³/mol. The molecule has 0 aliphatic heterocycles. The standard InChI is InChI=1S/C12H13NO/c1-8(2)12-6-10-9(7-14)4-3-5-11(10)13-12/h3-8,13H,1-2H3. The zero-order chi connectivity index (χ0) is 10.1. The molecule has 0 saturated heterocycles. The maximum absolute atomic E-state index is 10.8. The number of hydrogen-bond donors (Lipinski definition) is 1.